The van der Waals surface area contributed by atoms with Crippen LogP contribution in [-0.4, -0.2) is 40.1 Å². The number of aromatic nitrogens is 3. The first kappa shape index (κ1) is 23.1. The predicted octanol–water partition coefficient (Wildman–Crippen LogP) is 4.33. The molecule has 9 nitrogen and oxygen atoms in total. The molecule has 3 heterocycles. The second-order valence-electron chi connectivity index (χ2n) is 8.63. The van der Waals surface area contributed by atoms with E-state index >= 15 is 0 Å². The molecule has 0 saturated heterocycles. The van der Waals surface area contributed by atoms with Gasteiger partial charge >= 0.3 is 0 Å². The van der Waals surface area contributed by atoms with Gasteiger partial charge in [0.2, 0.25) is 11.9 Å². The van der Waals surface area contributed by atoms with E-state index in [0.717, 1.165) is 5.56 Å². The number of anilines is 2. The Bertz CT molecular complexity index is 1180. The molecule has 2 atom stereocenters. The maximum absolute atomic E-state index is 13.4. The Morgan fingerprint density at radius 2 is 2.06 bits per heavy atom. The lowest BCUT2D eigenvalue weighted by molar-refractivity contribution is -0.123. The summed E-state index contributed by atoms with van der Waals surface area (Å²) in [6.45, 7) is 11.9. The Labute approximate surface area is 199 Å². The molecule has 0 saturated carbocycles. The average molecular weight is 460 g/mol. The number of carbonyl (C=O) groups is 1. The lowest BCUT2D eigenvalue weighted by Gasteiger charge is -2.29. The van der Waals surface area contributed by atoms with Crippen LogP contribution in [0.4, 0.5) is 17.5 Å². The number of hydrogen-bond donors (Lipinski definition) is 3. The predicted molar refractivity (Wildman–Crippen MR) is 131 cm³/mol. The zero-order chi connectivity index (χ0) is 24.1. The van der Waals surface area contributed by atoms with Crippen molar-refractivity contribution in [3.8, 4) is 11.6 Å². The first-order valence-corrected chi connectivity index (χ1v) is 11.4. The highest BCUT2D eigenvalue weighted by atomic mass is 16.5. The molecule has 1 aromatic carbocycles. The van der Waals surface area contributed by atoms with Crippen LogP contribution in [0.3, 0.4) is 0 Å². The molecular formula is C25H29N7O2. The van der Waals surface area contributed by atoms with Crippen LogP contribution in [0.2, 0.25) is 0 Å². The molecule has 1 aliphatic rings. The van der Waals surface area contributed by atoms with Crippen molar-refractivity contribution >= 4 is 23.4 Å². The minimum absolute atomic E-state index is 0.104. The Morgan fingerprint density at radius 1 is 1.26 bits per heavy atom. The number of amides is 1. The van der Waals surface area contributed by atoms with E-state index in [1.165, 1.54) is 0 Å². The van der Waals surface area contributed by atoms with E-state index < -0.39 is 6.04 Å². The molecule has 2 aromatic heterocycles. The fraction of sp³-hybridized carbons (Fsp3) is 0.360. The molecule has 3 N–H and O–H groups in total. The Balaban J connectivity index is 1.56. The first-order chi connectivity index (χ1) is 16.5. The molecule has 4 rings (SSSR count). The van der Waals surface area contributed by atoms with Gasteiger partial charge in [-0.05, 0) is 30.5 Å². The van der Waals surface area contributed by atoms with Crippen LogP contribution in [0.5, 0.6) is 5.75 Å². The van der Waals surface area contributed by atoms with Gasteiger partial charge in [-0.15, -0.1) is 0 Å². The summed E-state index contributed by atoms with van der Waals surface area (Å²) in [5.74, 6) is 2.58. The van der Waals surface area contributed by atoms with Gasteiger partial charge in [0.05, 0.1) is 19.2 Å². The first-order valence-electron chi connectivity index (χ1n) is 11.4. The molecule has 0 bridgehead atoms. The molecule has 1 amide bonds. The number of rotatable bonds is 8. The summed E-state index contributed by atoms with van der Waals surface area (Å²) < 4.78 is 7.63. The smallest absolute Gasteiger partial charge is 0.243 e. The van der Waals surface area contributed by atoms with Gasteiger partial charge in [0, 0.05) is 37.5 Å². The Kier molecular flexibility index (Phi) is 6.97. The van der Waals surface area contributed by atoms with Crippen LogP contribution in [-0.2, 0) is 4.79 Å². The maximum Gasteiger partial charge on any atom is 0.243 e. The highest BCUT2D eigenvalue weighted by Gasteiger charge is 2.27. The van der Waals surface area contributed by atoms with Crippen LogP contribution in [0.15, 0.2) is 48.8 Å². The average Bonchev–Trinajstić information content (AvgIpc) is 3.38. The summed E-state index contributed by atoms with van der Waals surface area (Å²) in [6.07, 6.45) is 5.12. The number of nitrogens with zero attached hydrogens (tertiary/aromatic N) is 4. The van der Waals surface area contributed by atoms with Gasteiger partial charge in [0.25, 0.3) is 0 Å². The zero-order valence-corrected chi connectivity index (χ0v) is 19.6. The van der Waals surface area contributed by atoms with Gasteiger partial charge in [-0.1, -0.05) is 26.0 Å². The molecule has 3 aromatic rings. The van der Waals surface area contributed by atoms with Gasteiger partial charge < -0.3 is 25.3 Å². The van der Waals surface area contributed by atoms with Crippen molar-refractivity contribution < 1.29 is 9.53 Å². The molecule has 0 fully saturated rings. The van der Waals surface area contributed by atoms with Gasteiger partial charge in [0.15, 0.2) is 5.69 Å². The highest BCUT2D eigenvalue weighted by Crippen LogP contribution is 2.35. The lowest BCUT2D eigenvalue weighted by atomic mass is 9.98. The summed E-state index contributed by atoms with van der Waals surface area (Å²) in [5.41, 5.74) is 1.41. The number of benzene rings is 1. The van der Waals surface area contributed by atoms with E-state index in [9.17, 15) is 4.79 Å². The molecular weight excluding hydrogens is 430 g/mol. The van der Waals surface area contributed by atoms with Gasteiger partial charge in [-0.25, -0.2) is 4.85 Å². The van der Waals surface area contributed by atoms with Gasteiger partial charge in [-0.3, -0.25) is 4.79 Å². The molecule has 0 aliphatic carbocycles. The van der Waals surface area contributed by atoms with Crippen molar-refractivity contribution in [3.05, 3.63) is 65.8 Å². The van der Waals surface area contributed by atoms with Crippen molar-refractivity contribution in [3.63, 3.8) is 0 Å². The summed E-state index contributed by atoms with van der Waals surface area (Å²) in [7, 11) is 1.76. The van der Waals surface area contributed by atoms with E-state index in [2.05, 4.69) is 44.6 Å². The monoisotopic (exact) mass is 459 g/mol. The summed E-state index contributed by atoms with van der Waals surface area (Å²) >= 11 is 0. The van der Waals surface area contributed by atoms with Crippen LogP contribution < -0.4 is 20.7 Å². The largest absolute Gasteiger partial charge is 0.494 e. The quantitative estimate of drug-likeness (QED) is 0.434. The van der Waals surface area contributed by atoms with Crippen LogP contribution in [0.25, 0.3) is 10.7 Å². The van der Waals surface area contributed by atoms with Gasteiger partial charge in [-0.2, -0.15) is 9.97 Å². The Morgan fingerprint density at radius 3 is 2.76 bits per heavy atom. The Hall–Kier alpha value is -4.06. The van der Waals surface area contributed by atoms with Crippen LogP contribution in [0, 0.1) is 12.5 Å². The van der Waals surface area contributed by atoms with E-state index in [4.69, 9.17) is 11.3 Å². The number of ether oxygens (including phenoxy) is 1. The minimum atomic E-state index is -0.481. The number of carbonyl (C=O) groups excluding carboxylic acids is 1. The fourth-order valence-corrected chi connectivity index (χ4v) is 3.99. The number of hydrogen-bond acceptors (Lipinski definition) is 6. The summed E-state index contributed by atoms with van der Waals surface area (Å²) in [6, 6.07) is 10.4. The topological polar surface area (TPSA) is 97.5 Å². The van der Waals surface area contributed by atoms with Crippen LogP contribution >= 0.6 is 0 Å². The minimum Gasteiger partial charge on any atom is -0.494 e. The van der Waals surface area contributed by atoms with E-state index in [1.54, 1.807) is 19.2 Å². The molecule has 1 aliphatic heterocycles. The van der Waals surface area contributed by atoms with E-state index in [0.29, 0.717) is 54.4 Å². The van der Waals surface area contributed by atoms with Crippen LogP contribution in [0.1, 0.15) is 38.3 Å². The molecule has 2 unspecified atom stereocenters. The molecule has 0 spiro atoms. The third-order valence-electron chi connectivity index (χ3n) is 5.63. The SMILES string of the molecule is [C-]#[N+]c1ccc2c(c1)OCCC2NC(=O)C(CC(C)C)Nc1cc(-n2cccc2)nc(NC)n1. The molecule has 34 heavy (non-hydrogen) atoms. The van der Waals surface area contributed by atoms with Crippen molar-refractivity contribution in [1.29, 1.82) is 0 Å². The standard InChI is InChI=1S/C25H29N7O2/c1-16(2)13-20(28-22-15-23(31-25(27-4)30-22)32-10-5-6-11-32)24(33)29-19-9-12-34-21-14-17(26-3)7-8-18(19)21/h5-8,10-11,14-16,19-20H,9,12-13H2,1-2,4H3,(H,29,33)(H2,27,28,30,31). The fourth-order valence-electron chi connectivity index (χ4n) is 3.99. The highest BCUT2D eigenvalue weighted by molar-refractivity contribution is 5.85. The molecule has 9 heteroatoms. The van der Waals surface area contributed by atoms with Crippen molar-refractivity contribution in [2.45, 2.75) is 38.8 Å². The lowest BCUT2D eigenvalue weighted by Crippen LogP contribution is -2.43. The zero-order valence-electron chi connectivity index (χ0n) is 19.6. The van der Waals surface area contributed by atoms with Crippen molar-refractivity contribution in [2.24, 2.45) is 5.92 Å². The molecule has 0 radical (unpaired) electrons. The van der Waals surface area contributed by atoms with Crippen molar-refractivity contribution in [1.82, 2.24) is 19.9 Å². The maximum atomic E-state index is 13.4. The third-order valence-corrected chi connectivity index (χ3v) is 5.63. The van der Waals surface area contributed by atoms with Crippen molar-refractivity contribution in [2.75, 3.05) is 24.3 Å². The second-order valence-corrected chi connectivity index (χ2v) is 8.63. The summed E-state index contributed by atoms with van der Waals surface area (Å²) in [4.78, 5) is 25.9. The van der Waals surface area contributed by atoms with E-state index in [-0.39, 0.29) is 11.9 Å². The number of nitrogens with one attached hydrogen (secondary N) is 3. The number of fused-ring (bicyclic) bond motifs is 1. The normalized spacial score (nSPS) is 15.6. The van der Waals surface area contributed by atoms with E-state index in [1.807, 2.05) is 41.2 Å². The third kappa shape index (κ3) is 5.29. The van der Waals surface area contributed by atoms with Gasteiger partial charge in [0.1, 0.15) is 23.4 Å². The summed E-state index contributed by atoms with van der Waals surface area (Å²) in [5, 5.41) is 9.51. The molecule has 176 valence electrons. The second kappa shape index (κ2) is 10.3.